The Kier molecular flexibility index (Phi) is 7.36. The first-order valence-corrected chi connectivity index (χ1v) is 10.9. The summed E-state index contributed by atoms with van der Waals surface area (Å²) < 4.78 is 0. The molecule has 6 heteroatoms. The summed E-state index contributed by atoms with van der Waals surface area (Å²) in [6.07, 6.45) is 3.54. The van der Waals surface area contributed by atoms with Gasteiger partial charge < -0.3 is 10.2 Å². The second kappa shape index (κ2) is 9.75. The van der Waals surface area contributed by atoms with Gasteiger partial charge in [0.15, 0.2) is 0 Å². The van der Waals surface area contributed by atoms with Gasteiger partial charge in [0.1, 0.15) is 0 Å². The molecule has 2 fully saturated rings. The average molecular weight is 406 g/mol. The van der Waals surface area contributed by atoms with Crippen molar-refractivity contribution in [3.8, 4) is 0 Å². The van der Waals surface area contributed by atoms with Crippen LogP contribution in [0.15, 0.2) is 24.3 Å². The molecule has 0 unspecified atom stereocenters. The van der Waals surface area contributed by atoms with E-state index in [9.17, 15) is 9.59 Å². The van der Waals surface area contributed by atoms with Crippen LogP contribution in [0.1, 0.15) is 45.1 Å². The zero-order chi connectivity index (χ0) is 20.1. The van der Waals surface area contributed by atoms with E-state index < -0.39 is 0 Å². The Bertz CT molecular complexity index is 661. The molecule has 1 aromatic carbocycles. The highest BCUT2D eigenvalue weighted by atomic mass is 35.5. The van der Waals surface area contributed by atoms with Crippen molar-refractivity contribution in [3.05, 3.63) is 34.9 Å². The van der Waals surface area contributed by atoms with Gasteiger partial charge in [0.25, 0.3) is 0 Å². The second-order valence-electron chi connectivity index (χ2n) is 8.44. The number of carbonyl (C=O) groups excluding carboxylic acids is 2. The van der Waals surface area contributed by atoms with Crippen molar-refractivity contribution >= 4 is 23.4 Å². The molecular formula is C22H32ClN3O2. The molecule has 3 rings (SSSR count). The Labute approximate surface area is 173 Å². The maximum absolute atomic E-state index is 12.6. The highest BCUT2D eigenvalue weighted by Crippen LogP contribution is 2.21. The molecule has 0 aromatic heterocycles. The van der Waals surface area contributed by atoms with Gasteiger partial charge in [-0.2, -0.15) is 0 Å². The number of piperidine rings is 2. The number of nitrogens with one attached hydrogen (secondary N) is 1. The third-order valence-electron chi connectivity index (χ3n) is 5.92. The predicted molar refractivity (Wildman–Crippen MR) is 112 cm³/mol. The third kappa shape index (κ3) is 5.71. The SMILES string of the molecule is CC(C)C(=O)N1CCC(C(=O)NC2CCN(Cc3ccc(Cl)cc3)CC2)CC1. The summed E-state index contributed by atoms with van der Waals surface area (Å²) in [5.41, 5.74) is 1.27. The summed E-state index contributed by atoms with van der Waals surface area (Å²) in [5, 5.41) is 4.03. The van der Waals surface area contributed by atoms with Crippen molar-refractivity contribution in [1.29, 1.82) is 0 Å². The fourth-order valence-electron chi connectivity index (χ4n) is 4.13. The largest absolute Gasteiger partial charge is 0.353 e. The molecule has 0 saturated carbocycles. The lowest BCUT2D eigenvalue weighted by Gasteiger charge is -2.35. The Balaban J connectivity index is 1.38. The quantitative estimate of drug-likeness (QED) is 0.817. The summed E-state index contributed by atoms with van der Waals surface area (Å²) in [6, 6.07) is 8.29. The van der Waals surface area contributed by atoms with Crippen LogP contribution < -0.4 is 5.32 Å². The van der Waals surface area contributed by atoms with Crippen molar-refractivity contribution in [1.82, 2.24) is 15.1 Å². The Morgan fingerprint density at radius 3 is 2.21 bits per heavy atom. The van der Waals surface area contributed by atoms with Crippen LogP contribution in [0.5, 0.6) is 0 Å². The number of hydrogen-bond acceptors (Lipinski definition) is 3. The number of amides is 2. The first-order valence-electron chi connectivity index (χ1n) is 10.5. The van der Waals surface area contributed by atoms with Crippen LogP contribution in [0.25, 0.3) is 0 Å². The normalized spacial score (nSPS) is 19.8. The van der Waals surface area contributed by atoms with Gasteiger partial charge in [-0.15, -0.1) is 0 Å². The summed E-state index contributed by atoms with van der Waals surface area (Å²) in [4.78, 5) is 29.1. The fraction of sp³-hybridized carbons (Fsp3) is 0.636. The van der Waals surface area contributed by atoms with Crippen molar-refractivity contribution < 1.29 is 9.59 Å². The van der Waals surface area contributed by atoms with Gasteiger partial charge in [0.2, 0.25) is 11.8 Å². The minimum Gasteiger partial charge on any atom is -0.353 e. The van der Waals surface area contributed by atoms with Crippen molar-refractivity contribution in [2.75, 3.05) is 26.2 Å². The van der Waals surface area contributed by atoms with Crippen molar-refractivity contribution in [3.63, 3.8) is 0 Å². The summed E-state index contributed by atoms with van der Waals surface area (Å²) >= 11 is 5.95. The zero-order valence-electron chi connectivity index (χ0n) is 17.0. The molecule has 1 aromatic rings. The van der Waals surface area contributed by atoms with E-state index in [2.05, 4.69) is 22.3 Å². The minimum atomic E-state index is 0.0310. The zero-order valence-corrected chi connectivity index (χ0v) is 17.8. The van der Waals surface area contributed by atoms with Crippen LogP contribution in [-0.4, -0.2) is 53.8 Å². The van der Waals surface area contributed by atoms with Crippen molar-refractivity contribution in [2.24, 2.45) is 11.8 Å². The van der Waals surface area contributed by atoms with Gasteiger partial charge in [0, 0.05) is 55.6 Å². The van der Waals surface area contributed by atoms with E-state index in [1.165, 1.54) is 5.56 Å². The first kappa shape index (κ1) is 21.1. The maximum atomic E-state index is 12.6. The topological polar surface area (TPSA) is 52.7 Å². The number of rotatable bonds is 5. The molecule has 2 heterocycles. The van der Waals surface area contributed by atoms with Crippen LogP contribution in [0.2, 0.25) is 5.02 Å². The summed E-state index contributed by atoms with van der Waals surface area (Å²) in [5.74, 6) is 0.450. The van der Waals surface area contributed by atoms with E-state index in [4.69, 9.17) is 11.6 Å². The average Bonchev–Trinajstić information content (AvgIpc) is 2.70. The summed E-state index contributed by atoms with van der Waals surface area (Å²) in [6.45, 7) is 8.19. The van der Waals surface area contributed by atoms with Gasteiger partial charge in [-0.05, 0) is 43.4 Å². The van der Waals surface area contributed by atoms with Gasteiger partial charge in [-0.1, -0.05) is 37.6 Å². The smallest absolute Gasteiger partial charge is 0.225 e. The lowest BCUT2D eigenvalue weighted by Crippen LogP contribution is -2.48. The molecule has 0 aliphatic carbocycles. The fourth-order valence-corrected chi connectivity index (χ4v) is 4.26. The Morgan fingerprint density at radius 2 is 1.64 bits per heavy atom. The van der Waals surface area contributed by atoms with E-state index in [1.807, 2.05) is 30.9 Å². The number of likely N-dealkylation sites (tertiary alicyclic amines) is 2. The second-order valence-corrected chi connectivity index (χ2v) is 8.88. The molecule has 2 saturated heterocycles. The van der Waals surface area contributed by atoms with Gasteiger partial charge >= 0.3 is 0 Å². The molecule has 154 valence electrons. The van der Waals surface area contributed by atoms with Crippen LogP contribution >= 0.6 is 11.6 Å². The van der Waals surface area contributed by atoms with Gasteiger partial charge in [-0.25, -0.2) is 0 Å². The number of hydrogen-bond donors (Lipinski definition) is 1. The van der Waals surface area contributed by atoms with E-state index in [0.717, 1.165) is 50.3 Å². The van der Waals surface area contributed by atoms with Crippen LogP contribution in [0.4, 0.5) is 0 Å². The monoisotopic (exact) mass is 405 g/mol. The molecule has 2 amide bonds. The Hall–Kier alpha value is -1.59. The van der Waals surface area contributed by atoms with Gasteiger partial charge in [-0.3, -0.25) is 14.5 Å². The number of halogens is 1. The minimum absolute atomic E-state index is 0.0310. The molecule has 0 atom stereocenters. The van der Waals surface area contributed by atoms with E-state index >= 15 is 0 Å². The Morgan fingerprint density at radius 1 is 1.04 bits per heavy atom. The number of carbonyl (C=O) groups is 2. The molecule has 2 aliphatic rings. The van der Waals surface area contributed by atoms with Gasteiger partial charge in [0.05, 0.1) is 0 Å². The maximum Gasteiger partial charge on any atom is 0.225 e. The van der Waals surface area contributed by atoms with E-state index in [-0.39, 0.29) is 29.7 Å². The molecule has 1 N–H and O–H groups in total. The van der Waals surface area contributed by atoms with Crippen LogP contribution in [0.3, 0.4) is 0 Å². The molecule has 0 bridgehead atoms. The van der Waals surface area contributed by atoms with E-state index in [1.54, 1.807) is 0 Å². The van der Waals surface area contributed by atoms with Crippen LogP contribution in [-0.2, 0) is 16.1 Å². The number of benzene rings is 1. The predicted octanol–water partition coefficient (Wildman–Crippen LogP) is 3.32. The lowest BCUT2D eigenvalue weighted by molar-refractivity contribution is -0.138. The molecular weight excluding hydrogens is 374 g/mol. The molecule has 2 aliphatic heterocycles. The van der Waals surface area contributed by atoms with Crippen LogP contribution in [0, 0.1) is 11.8 Å². The summed E-state index contributed by atoms with van der Waals surface area (Å²) in [7, 11) is 0. The lowest BCUT2D eigenvalue weighted by atomic mass is 9.94. The molecule has 5 nitrogen and oxygen atoms in total. The number of nitrogens with zero attached hydrogens (tertiary/aromatic N) is 2. The first-order chi connectivity index (χ1) is 13.4. The highest BCUT2D eigenvalue weighted by molar-refractivity contribution is 6.30. The molecule has 0 spiro atoms. The molecule has 0 radical (unpaired) electrons. The van der Waals surface area contributed by atoms with E-state index in [0.29, 0.717) is 13.1 Å². The van der Waals surface area contributed by atoms with Crippen molar-refractivity contribution in [2.45, 2.75) is 52.1 Å². The third-order valence-corrected chi connectivity index (χ3v) is 6.18. The standard InChI is InChI=1S/C22H32ClN3O2/c1-16(2)22(28)26-13-7-18(8-14-26)21(27)24-20-9-11-25(12-10-20)15-17-3-5-19(23)6-4-17/h3-6,16,18,20H,7-15H2,1-2H3,(H,24,27). The highest BCUT2D eigenvalue weighted by Gasteiger charge is 2.30. The molecule has 28 heavy (non-hydrogen) atoms.